The number of amides is 2. The zero-order valence-corrected chi connectivity index (χ0v) is 16.0. The van der Waals surface area contributed by atoms with Gasteiger partial charge >= 0.3 is 0 Å². The van der Waals surface area contributed by atoms with E-state index in [2.05, 4.69) is 20.5 Å². The third-order valence-electron chi connectivity index (χ3n) is 5.03. The number of carbonyl (C=O) groups is 2. The molecule has 0 saturated carbocycles. The molecule has 0 bridgehead atoms. The first-order valence-electron chi connectivity index (χ1n) is 9.16. The molecule has 3 heterocycles. The van der Waals surface area contributed by atoms with Gasteiger partial charge in [-0.05, 0) is 18.9 Å². The largest absolute Gasteiger partial charge is 0.337 e. The van der Waals surface area contributed by atoms with Crippen molar-refractivity contribution in [3.05, 3.63) is 59.7 Å². The van der Waals surface area contributed by atoms with E-state index in [9.17, 15) is 14.0 Å². The monoisotopic (exact) mass is 397 g/mol. The fraction of sp³-hybridized carbons (Fsp3) is 0.316. The van der Waals surface area contributed by atoms with Crippen molar-refractivity contribution in [2.75, 3.05) is 11.9 Å². The van der Waals surface area contributed by atoms with Crippen LogP contribution in [0.2, 0.25) is 0 Å². The van der Waals surface area contributed by atoms with Gasteiger partial charge < -0.3 is 10.2 Å². The van der Waals surface area contributed by atoms with E-state index in [0.29, 0.717) is 18.4 Å². The maximum atomic E-state index is 13.8. The summed E-state index contributed by atoms with van der Waals surface area (Å²) in [6, 6.07) is 5.64. The SMILES string of the molecule is CN1C(=O)[C@@H](NC(=O)c2ncn(Cc3ccccc3F)n2)CCc2c1cnn2C. The van der Waals surface area contributed by atoms with Crippen LogP contribution in [0.5, 0.6) is 0 Å². The Hall–Kier alpha value is -3.56. The first-order chi connectivity index (χ1) is 13.9. The van der Waals surface area contributed by atoms with Gasteiger partial charge in [-0.3, -0.25) is 14.3 Å². The predicted octanol–water partition coefficient (Wildman–Crippen LogP) is 0.907. The van der Waals surface area contributed by atoms with E-state index in [0.717, 1.165) is 11.4 Å². The summed E-state index contributed by atoms with van der Waals surface area (Å²) in [4.78, 5) is 30.8. The number of nitrogens with one attached hydrogen (secondary N) is 1. The van der Waals surface area contributed by atoms with Gasteiger partial charge in [0, 0.05) is 19.7 Å². The molecule has 0 radical (unpaired) electrons. The minimum atomic E-state index is -0.696. The zero-order chi connectivity index (χ0) is 20.5. The Morgan fingerprint density at radius 1 is 1.31 bits per heavy atom. The standard InChI is InChI=1S/C19H20FN7O2/c1-25-16-9-22-26(2)15(16)8-7-14(19(25)29)23-18(28)17-21-11-27(24-17)10-12-5-3-4-6-13(12)20/h3-6,9,11,14H,7-8,10H2,1-2H3,(H,23,28)/t14-/m0/s1. The van der Waals surface area contributed by atoms with Gasteiger partial charge in [0.05, 0.1) is 24.1 Å². The van der Waals surface area contributed by atoms with E-state index in [4.69, 9.17) is 0 Å². The van der Waals surface area contributed by atoms with Gasteiger partial charge in [0.1, 0.15) is 18.2 Å². The predicted molar refractivity (Wildman–Crippen MR) is 102 cm³/mol. The van der Waals surface area contributed by atoms with Crippen LogP contribution in [0.25, 0.3) is 0 Å². The van der Waals surface area contributed by atoms with Crippen molar-refractivity contribution in [3.8, 4) is 0 Å². The smallest absolute Gasteiger partial charge is 0.291 e. The lowest BCUT2D eigenvalue weighted by Crippen LogP contribution is -2.47. The highest BCUT2D eigenvalue weighted by atomic mass is 19.1. The number of fused-ring (bicyclic) bond motifs is 1. The number of aryl methyl sites for hydroxylation is 1. The maximum Gasteiger partial charge on any atom is 0.291 e. The molecule has 0 saturated heterocycles. The number of likely N-dealkylation sites (N-methyl/N-ethyl adjacent to an activating group) is 1. The van der Waals surface area contributed by atoms with Gasteiger partial charge in [-0.1, -0.05) is 18.2 Å². The van der Waals surface area contributed by atoms with Gasteiger partial charge in [0.15, 0.2) is 0 Å². The van der Waals surface area contributed by atoms with Crippen molar-refractivity contribution in [1.29, 1.82) is 0 Å². The van der Waals surface area contributed by atoms with E-state index in [1.54, 1.807) is 36.1 Å². The van der Waals surface area contributed by atoms with Crippen molar-refractivity contribution in [3.63, 3.8) is 0 Å². The lowest BCUT2D eigenvalue weighted by molar-refractivity contribution is -0.120. The molecule has 150 valence electrons. The molecule has 1 aliphatic heterocycles. The van der Waals surface area contributed by atoms with Crippen LogP contribution < -0.4 is 10.2 Å². The molecule has 1 N–H and O–H groups in total. The lowest BCUT2D eigenvalue weighted by atomic mass is 10.1. The second-order valence-corrected chi connectivity index (χ2v) is 6.92. The second kappa shape index (κ2) is 7.46. The highest BCUT2D eigenvalue weighted by Crippen LogP contribution is 2.25. The minimum Gasteiger partial charge on any atom is -0.337 e. The van der Waals surface area contributed by atoms with Crippen molar-refractivity contribution in [2.45, 2.75) is 25.4 Å². The minimum absolute atomic E-state index is 0.0692. The molecule has 0 unspecified atom stereocenters. The second-order valence-electron chi connectivity index (χ2n) is 6.92. The number of aromatic nitrogens is 5. The molecule has 1 atom stereocenters. The highest BCUT2D eigenvalue weighted by molar-refractivity contribution is 6.01. The maximum absolute atomic E-state index is 13.8. The van der Waals surface area contributed by atoms with Gasteiger partial charge in [-0.25, -0.2) is 14.1 Å². The van der Waals surface area contributed by atoms with E-state index in [1.165, 1.54) is 22.0 Å². The number of carbonyl (C=O) groups excluding carboxylic acids is 2. The highest BCUT2D eigenvalue weighted by Gasteiger charge is 2.31. The lowest BCUT2D eigenvalue weighted by Gasteiger charge is -2.20. The molecule has 0 spiro atoms. The molecule has 4 rings (SSSR count). The van der Waals surface area contributed by atoms with Gasteiger partial charge in [-0.15, -0.1) is 5.10 Å². The fourth-order valence-electron chi connectivity index (χ4n) is 3.41. The normalized spacial score (nSPS) is 16.4. The van der Waals surface area contributed by atoms with Crippen LogP contribution >= 0.6 is 0 Å². The molecule has 1 aromatic carbocycles. The quantitative estimate of drug-likeness (QED) is 0.706. The van der Waals surface area contributed by atoms with Crippen molar-refractivity contribution < 1.29 is 14.0 Å². The molecule has 2 aromatic heterocycles. The molecule has 9 nitrogen and oxygen atoms in total. The molecule has 0 fully saturated rings. The third kappa shape index (κ3) is 3.60. The summed E-state index contributed by atoms with van der Waals surface area (Å²) < 4.78 is 16.9. The van der Waals surface area contributed by atoms with Crippen molar-refractivity contribution >= 4 is 17.5 Å². The number of halogens is 1. The summed E-state index contributed by atoms with van der Waals surface area (Å²) in [6.07, 6.45) is 4.05. The number of benzene rings is 1. The van der Waals surface area contributed by atoms with Gasteiger partial charge in [0.25, 0.3) is 5.91 Å². The number of hydrogen-bond acceptors (Lipinski definition) is 5. The number of rotatable bonds is 4. The van der Waals surface area contributed by atoms with Crippen molar-refractivity contribution in [1.82, 2.24) is 29.9 Å². The average Bonchev–Trinajstić information content (AvgIpc) is 3.30. The summed E-state index contributed by atoms with van der Waals surface area (Å²) in [5, 5.41) is 11.0. The van der Waals surface area contributed by atoms with Crippen LogP contribution in [-0.2, 0) is 24.8 Å². The zero-order valence-electron chi connectivity index (χ0n) is 16.0. The Labute approximate surface area is 166 Å². The number of anilines is 1. The Morgan fingerprint density at radius 2 is 2.10 bits per heavy atom. The number of nitrogens with zero attached hydrogens (tertiary/aromatic N) is 6. The molecule has 2 amide bonds. The van der Waals surface area contributed by atoms with Crippen molar-refractivity contribution in [2.24, 2.45) is 7.05 Å². The van der Waals surface area contributed by atoms with Crippen LogP contribution in [0.1, 0.15) is 28.3 Å². The summed E-state index contributed by atoms with van der Waals surface area (Å²) in [6.45, 7) is 0.153. The Kier molecular flexibility index (Phi) is 4.83. The van der Waals surface area contributed by atoms with Crippen LogP contribution in [-0.4, -0.2) is 49.4 Å². The first kappa shape index (κ1) is 18.8. The Balaban J connectivity index is 1.45. The summed E-state index contributed by atoms with van der Waals surface area (Å²) in [5.41, 5.74) is 2.11. The van der Waals surface area contributed by atoms with E-state index >= 15 is 0 Å². The van der Waals surface area contributed by atoms with E-state index in [-0.39, 0.29) is 24.1 Å². The summed E-state index contributed by atoms with van der Waals surface area (Å²) >= 11 is 0. The number of hydrogen-bond donors (Lipinski definition) is 1. The summed E-state index contributed by atoms with van der Waals surface area (Å²) in [7, 11) is 3.48. The van der Waals surface area contributed by atoms with Crippen LogP contribution in [0.15, 0.2) is 36.8 Å². The summed E-state index contributed by atoms with van der Waals surface area (Å²) in [5.74, 6) is -1.20. The fourth-order valence-corrected chi connectivity index (χ4v) is 3.41. The van der Waals surface area contributed by atoms with Crippen LogP contribution in [0, 0.1) is 5.82 Å². The van der Waals surface area contributed by atoms with E-state index < -0.39 is 11.9 Å². The topological polar surface area (TPSA) is 97.9 Å². The third-order valence-corrected chi connectivity index (χ3v) is 5.03. The van der Waals surface area contributed by atoms with Gasteiger partial charge in [-0.2, -0.15) is 5.10 Å². The first-order valence-corrected chi connectivity index (χ1v) is 9.16. The average molecular weight is 397 g/mol. The molecule has 29 heavy (non-hydrogen) atoms. The van der Waals surface area contributed by atoms with Gasteiger partial charge in [0.2, 0.25) is 11.7 Å². The van der Waals surface area contributed by atoms with Crippen LogP contribution in [0.3, 0.4) is 0 Å². The van der Waals surface area contributed by atoms with Crippen LogP contribution in [0.4, 0.5) is 10.1 Å². The molecule has 10 heteroatoms. The molecular weight excluding hydrogens is 377 g/mol. The Bertz CT molecular complexity index is 1070. The molecule has 1 aliphatic rings. The molecular formula is C19H20FN7O2. The molecule has 0 aliphatic carbocycles. The Morgan fingerprint density at radius 3 is 2.90 bits per heavy atom. The van der Waals surface area contributed by atoms with E-state index in [1.807, 2.05) is 7.05 Å². The molecule has 3 aromatic rings.